The smallest absolute Gasteiger partial charge is 0.251 e. The number of ether oxygens (including phenoxy) is 1. The van der Waals surface area contributed by atoms with Crippen molar-refractivity contribution >= 4 is 17.5 Å². The van der Waals surface area contributed by atoms with E-state index in [1.165, 1.54) is 11.1 Å². The van der Waals surface area contributed by atoms with Gasteiger partial charge in [-0.05, 0) is 43.5 Å². The topological polar surface area (TPSA) is 38.3 Å². The first-order chi connectivity index (χ1) is 10.6. The normalized spacial score (nSPS) is 10.3. The van der Waals surface area contributed by atoms with E-state index in [4.69, 9.17) is 16.3 Å². The van der Waals surface area contributed by atoms with Gasteiger partial charge in [0.05, 0.1) is 12.1 Å². The summed E-state index contributed by atoms with van der Waals surface area (Å²) in [5.74, 6) is 0.450. The Kier molecular flexibility index (Phi) is 5.84. The molecule has 22 heavy (non-hydrogen) atoms. The summed E-state index contributed by atoms with van der Waals surface area (Å²) in [4.78, 5) is 12.0. The molecule has 0 aliphatic heterocycles. The van der Waals surface area contributed by atoms with Gasteiger partial charge >= 0.3 is 0 Å². The number of aryl methyl sites for hydroxylation is 2. The highest BCUT2D eigenvalue weighted by Gasteiger charge is 2.08. The van der Waals surface area contributed by atoms with Crippen LogP contribution in [0.5, 0.6) is 5.75 Å². The van der Waals surface area contributed by atoms with Crippen molar-refractivity contribution in [2.75, 3.05) is 13.7 Å². The minimum atomic E-state index is -0.117. The minimum absolute atomic E-state index is 0.117. The Hall–Kier alpha value is -2.00. The average molecular weight is 318 g/mol. The standard InChI is InChI=1S/C18H20ClNO2/c1-13-5-7-14(8-6-13)4-3-11-20-18(21)15-9-10-17(22-2)16(19)12-15/h5-10,12H,3-4,11H2,1-2H3,(H,20,21). The van der Waals surface area contributed by atoms with Crippen LogP contribution in [-0.2, 0) is 6.42 Å². The maximum absolute atomic E-state index is 12.0. The second kappa shape index (κ2) is 7.85. The third-order valence-electron chi connectivity index (χ3n) is 3.46. The van der Waals surface area contributed by atoms with Crippen LogP contribution in [0.1, 0.15) is 27.9 Å². The van der Waals surface area contributed by atoms with E-state index >= 15 is 0 Å². The van der Waals surface area contributed by atoms with Gasteiger partial charge in [-0.15, -0.1) is 0 Å². The fourth-order valence-corrected chi connectivity index (χ4v) is 2.42. The summed E-state index contributed by atoms with van der Waals surface area (Å²) in [6.07, 6.45) is 1.85. The van der Waals surface area contributed by atoms with Gasteiger partial charge in [0, 0.05) is 12.1 Å². The quantitative estimate of drug-likeness (QED) is 0.817. The van der Waals surface area contributed by atoms with Gasteiger partial charge in [-0.2, -0.15) is 0 Å². The third kappa shape index (κ3) is 4.50. The van der Waals surface area contributed by atoms with Gasteiger partial charge in [0.15, 0.2) is 0 Å². The highest BCUT2D eigenvalue weighted by molar-refractivity contribution is 6.32. The summed E-state index contributed by atoms with van der Waals surface area (Å²) in [5.41, 5.74) is 3.09. The molecular weight excluding hydrogens is 298 g/mol. The average Bonchev–Trinajstić information content (AvgIpc) is 2.53. The van der Waals surface area contributed by atoms with Crippen molar-refractivity contribution in [2.45, 2.75) is 19.8 Å². The van der Waals surface area contributed by atoms with E-state index in [1.807, 2.05) is 0 Å². The summed E-state index contributed by atoms with van der Waals surface area (Å²) >= 11 is 6.02. The van der Waals surface area contributed by atoms with Gasteiger partial charge in [-0.3, -0.25) is 4.79 Å². The maximum Gasteiger partial charge on any atom is 0.251 e. The first-order valence-electron chi connectivity index (χ1n) is 7.27. The Bertz CT molecular complexity index is 638. The summed E-state index contributed by atoms with van der Waals surface area (Å²) < 4.78 is 5.07. The largest absolute Gasteiger partial charge is 0.495 e. The van der Waals surface area contributed by atoms with E-state index in [0.29, 0.717) is 22.9 Å². The van der Waals surface area contributed by atoms with Crippen LogP contribution in [0, 0.1) is 6.92 Å². The predicted octanol–water partition coefficient (Wildman–Crippen LogP) is 4.02. The van der Waals surface area contributed by atoms with E-state index in [-0.39, 0.29) is 5.91 Å². The lowest BCUT2D eigenvalue weighted by molar-refractivity contribution is 0.0953. The van der Waals surface area contributed by atoms with Gasteiger partial charge in [-0.1, -0.05) is 41.4 Å². The molecule has 116 valence electrons. The molecule has 4 heteroatoms. The van der Waals surface area contributed by atoms with Crippen molar-refractivity contribution in [3.8, 4) is 5.75 Å². The molecule has 1 amide bonds. The number of benzene rings is 2. The number of hydrogen-bond donors (Lipinski definition) is 1. The molecule has 0 saturated carbocycles. The van der Waals surface area contributed by atoms with Gasteiger partial charge in [0.25, 0.3) is 5.91 Å². The van der Waals surface area contributed by atoms with Gasteiger partial charge in [0.1, 0.15) is 5.75 Å². The van der Waals surface area contributed by atoms with Crippen LogP contribution >= 0.6 is 11.6 Å². The molecule has 0 fully saturated rings. The zero-order chi connectivity index (χ0) is 15.9. The fraction of sp³-hybridized carbons (Fsp3) is 0.278. The van der Waals surface area contributed by atoms with E-state index in [0.717, 1.165) is 12.8 Å². The number of amides is 1. The summed E-state index contributed by atoms with van der Waals surface area (Å²) in [6.45, 7) is 2.71. The lowest BCUT2D eigenvalue weighted by Crippen LogP contribution is -2.24. The molecule has 0 saturated heterocycles. The van der Waals surface area contributed by atoms with E-state index in [2.05, 4.69) is 36.5 Å². The van der Waals surface area contributed by atoms with Crippen LogP contribution in [0.25, 0.3) is 0 Å². The maximum atomic E-state index is 12.0. The number of carbonyl (C=O) groups excluding carboxylic acids is 1. The van der Waals surface area contributed by atoms with Crippen molar-refractivity contribution in [3.63, 3.8) is 0 Å². The highest BCUT2D eigenvalue weighted by atomic mass is 35.5. The van der Waals surface area contributed by atoms with Gasteiger partial charge in [0.2, 0.25) is 0 Å². The van der Waals surface area contributed by atoms with Crippen LogP contribution in [-0.4, -0.2) is 19.6 Å². The molecule has 0 atom stereocenters. The molecule has 0 heterocycles. The van der Waals surface area contributed by atoms with Crippen molar-refractivity contribution in [1.82, 2.24) is 5.32 Å². The molecule has 2 aromatic carbocycles. The molecule has 0 aromatic heterocycles. The minimum Gasteiger partial charge on any atom is -0.495 e. The first kappa shape index (κ1) is 16.4. The lowest BCUT2D eigenvalue weighted by atomic mass is 10.1. The fourth-order valence-electron chi connectivity index (χ4n) is 2.16. The number of hydrogen-bond acceptors (Lipinski definition) is 2. The van der Waals surface area contributed by atoms with Crippen LogP contribution in [0.15, 0.2) is 42.5 Å². The molecule has 0 aliphatic rings. The molecule has 3 nitrogen and oxygen atoms in total. The van der Waals surface area contributed by atoms with Gasteiger partial charge < -0.3 is 10.1 Å². The van der Waals surface area contributed by atoms with Crippen molar-refractivity contribution < 1.29 is 9.53 Å². The van der Waals surface area contributed by atoms with Crippen LogP contribution < -0.4 is 10.1 Å². The molecule has 1 N–H and O–H groups in total. The number of nitrogens with one attached hydrogen (secondary N) is 1. The van der Waals surface area contributed by atoms with Crippen molar-refractivity contribution in [3.05, 3.63) is 64.2 Å². The Morgan fingerprint density at radius 3 is 2.55 bits per heavy atom. The molecule has 0 bridgehead atoms. The summed E-state index contributed by atoms with van der Waals surface area (Å²) in [7, 11) is 1.55. The lowest BCUT2D eigenvalue weighted by Gasteiger charge is -2.08. The zero-order valence-electron chi connectivity index (χ0n) is 12.9. The number of methoxy groups -OCH3 is 1. The number of carbonyl (C=O) groups is 1. The van der Waals surface area contributed by atoms with E-state index < -0.39 is 0 Å². The molecule has 0 spiro atoms. The Balaban J connectivity index is 1.80. The summed E-state index contributed by atoms with van der Waals surface area (Å²) in [6, 6.07) is 13.5. The Labute approximate surface area is 136 Å². The first-order valence-corrected chi connectivity index (χ1v) is 7.65. The monoisotopic (exact) mass is 317 g/mol. The second-order valence-electron chi connectivity index (χ2n) is 5.19. The second-order valence-corrected chi connectivity index (χ2v) is 5.60. The SMILES string of the molecule is COc1ccc(C(=O)NCCCc2ccc(C)cc2)cc1Cl. The van der Waals surface area contributed by atoms with E-state index in [9.17, 15) is 4.79 Å². The third-order valence-corrected chi connectivity index (χ3v) is 3.76. The number of halogens is 1. The molecule has 0 unspecified atom stereocenters. The van der Waals surface area contributed by atoms with Crippen molar-refractivity contribution in [2.24, 2.45) is 0 Å². The van der Waals surface area contributed by atoms with Gasteiger partial charge in [-0.25, -0.2) is 0 Å². The van der Waals surface area contributed by atoms with Crippen LogP contribution in [0.4, 0.5) is 0 Å². The zero-order valence-corrected chi connectivity index (χ0v) is 13.6. The molecule has 0 radical (unpaired) electrons. The Morgan fingerprint density at radius 2 is 1.91 bits per heavy atom. The number of rotatable bonds is 6. The van der Waals surface area contributed by atoms with Crippen LogP contribution in [0.2, 0.25) is 5.02 Å². The van der Waals surface area contributed by atoms with Crippen molar-refractivity contribution in [1.29, 1.82) is 0 Å². The molecule has 2 aromatic rings. The molecular formula is C18H20ClNO2. The molecule has 0 aliphatic carbocycles. The predicted molar refractivity (Wildman–Crippen MR) is 89.8 cm³/mol. The summed E-state index contributed by atoms with van der Waals surface area (Å²) in [5, 5.41) is 3.35. The molecule has 2 rings (SSSR count). The Morgan fingerprint density at radius 1 is 1.18 bits per heavy atom. The van der Waals surface area contributed by atoms with Crippen LogP contribution in [0.3, 0.4) is 0 Å². The van der Waals surface area contributed by atoms with E-state index in [1.54, 1.807) is 25.3 Å². The highest BCUT2D eigenvalue weighted by Crippen LogP contribution is 2.24.